The fourth-order valence-electron chi connectivity index (χ4n) is 2.93. The lowest BCUT2D eigenvalue weighted by atomic mass is 10.0. The molecule has 1 aliphatic heterocycles. The highest BCUT2D eigenvalue weighted by atomic mass is 19.4. The Bertz CT molecular complexity index is 896. The van der Waals surface area contributed by atoms with Gasteiger partial charge in [-0.15, -0.1) is 0 Å². The Kier molecular flexibility index (Phi) is 5.48. The smallest absolute Gasteiger partial charge is 0.349 e. The molecule has 0 spiro atoms. The first-order valence-corrected chi connectivity index (χ1v) is 8.57. The van der Waals surface area contributed by atoms with E-state index in [1.165, 1.54) is 12.1 Å². The quantitative estimate of drug-likeness (QED) is 0.830. The summed E-state index contributed by atoms with van der Waals surface area (Å²) in [5.41, 5.74) is -0.941. The van der Waals surface area contributed by atoms with Crippen molar-refractivity contribution < 1.29 is 22.8 Å². The van der Waals surface area contributed by atoms with Gasteiger partial charge in [-0.25, -0.2) is 5.10 Å². The summed E-state index contributed by atoms with van der Waals surface area (Å²) >= 11 is 0. The number of nitrogens with one attached hydrogen (secondary N) is 2. The van der Waals surface area contributed by atoms with Gasteiger partial charge in [0.15, 0.2) is 0 Å². The Balaban J connectivity index is 1.53. The molecular weight excluding hydrogens is 377 g/mol. The van der Waals surface area contributed by atoms with E-state index in [0.717, 1.165) is 24.3 Å². The lowest BCUT2D eigenvalue weighted by Gasteiger charge is -2.32. The molecule has 3 rings (SSSR count). The van der Waals surface area contributed by atoms with Crippen LogP contribution in [0.5, 0.6) is 0 Å². The van der Waals surface area contributed by atoms with Crippen molar-refractivity contribution in [2.75, 3.05) is 13.1 Å². The standard InChI is InChI=1S/C18H17F3N4O3/c19-18(20,21)12-3-1-11(2-4-12)16(27)22-13-7-9-25(10-8-13)17(28)14-5-6-15(26)24-23-14/h1-6,13H,7-10H2,(H,22,27)(H,24,26). The number of aromatic nitrogens is 2. The summed E-state index contributed by atoms with van der Waals surface area (Å²) in [6, 6.07) is 6.39. The van der Waals surface area contributed by atoms with E-state index in [2.05, 4.69) is 15.5 Å². The lowest BCUT2D eigenvalue weighted by Crippen LogP contribution is -2.46. The number of halogens is 3. The molecule has 0 saturated carbocycles. The Morgan fingerprint density at radius 1 is 1.07 bits per heavy atom. The molecular formula is C18H17F3N4O3. The van der Waals surface area contributed by atoms with Gasteiger partial charge in [0.05, 0.1) is 5.56 Å². The summed E-state index contributed by atoms with van der Waals surface area (Å²) < 4.78 is 37.7. The number of carbonyl (C=O) groups excluding carboxylic acids is 2. The van der Waals surface area contributed by atoms with Crippen molar-refractivity contribution in [2.45, 2.75) is 25.1 Å². The molecule has 1 aromatic heterocycles. The number of rotatable bonds is 3. The molecule has 10 heteroatoms. The third kappa shape index (κ3) is 4.56. The number of aromatic amines is 1. The van der Waals surface area contributed by atoms with Crippen LogP contribution in [-0.2, 0) is 6.18 Å². The van der Waals surface area contributed by atoms with E-state index < -0.39 is 23.2 Å². The maximum absolute atomic E-state index is 12.6. The minimum atomic E-state index is -4.45. The Labute approximate surface area is 157 Å². The molecule has 0 radical (unpaired) electrons. The lowest BCUT2D eigenvalue weighted by molar-refractivity contribution is -0.137. The maximum Gasteiger partial charge on any atom is 0.416 e. The number of piperidine rings is 1. The first kappa shape index (κ1) is 19.6. The van der Waals surface area contributed by atoms with Gasteiger partial charge < -0.3 is 10.2 Å². The third-order valence-electron chi connectivity index (χ3n) is 4.49. The predicted octanol–water partition coefficient (Wildman–Crippen LogP) is 1.82. The van der Waals surface area contributed by atoms with Crippen molar-refractivity contribution in [3.05, 3.63) is 63.6 Å². The van der Waals surface area contributed by atoms with E-state index in [1.54, 1.807) is 4.90 Å². The Morgan fingerprint density at radius 2 is 1.71 bits per heavy atom. The van der Waals surface area contributed by atoms with E-state index in [1.807, 2.05) is 0 Å². The molecule has 1 fully saturated rings. The van der Waals surface area contributed by atoms with Gasteiger partial charge in [0.1, 0.15) is 5.69 Å². The molecule has 1 saturated heterocycles. The van der Waals surface area contributed by atoms with Crippen molar-refractivity contribution in [3.63, 3.8) is 0 Å². The molecule has 148 valence electrons. The van der Waals surface area contributed by atoms with E-state index in [-0.39, 0.29) is 23.2 Å². The van der Waals surface area contributed by atoms with E-state index in [0.29, 0.717) is 25.9 Å². The number of hydrogen-bond acceptors (Lipinski definition) is 4. The van der Waals surface area contributed by atoms with Crippen LogP contribution in [0.1, 0.15) is 39.3 Å². The van der Waals surface area contributed by atoms with Crippen LogP contribution in [0.4, 0.5) is 13.2 Å². The van der Waals surface area contributed by atoms with Gasteiger partial charge in [-0.1, -0.05) is 0 Å². The fourth-order valence-corrected chi connectivity index (χ4v) is 2.93. The van der Waals surface area contributed by atoms with Gasteiger partial charge in [0.2, 0.25) is 0 Å². The van der Waals surface area contributed by atoms with Crippen molar-refractivity contribution in [3.8, 4) is 0 Å². The number of H-pyrrole nitrogens is 1. The number of carbonyl (C=O) groups is 2. The molecule has 2 heterocycles. The SMILES string of the molecule is O=C(NC1CCN(C(=O)c2ccc(=O)[nH]n2)CC1)c1ccc(C(F)(F)F)cc1. The maximum atomic E-state index is 12.6. The summed E-state index contributed by atoms with van der Waals surface area (Å²) in [5, 5.41) is 8.69. The van der Waals surface area contributed by atoms with Gasteiger partial charge in [-0.2, -0.15) is 18.3 Å². The molecule has 2 amide bonds. The number of hydrogen-bond donors (Lipinski definition) is 2. The first-order valence-electron chi connectivity index (χ1n) is 8.57. The van der Waals surface area contributed by atoms with Gasteiger partial charge in [0.25, 0.3) is 17.4 Å². The van der Waals surface area contributed by atoms with Crippen molar-refractivity contribution in [2.24, 2.45) is 0 Å². The van der Waals surface area contributed by atoms with Crippen molar-refractivity contribution >= 4 is 11.8 Å². The second-order valence-electron chi connectivity index (χ2n) is 6.42. The highest BCUT2D eigenvalue weighted by Gasteiger charge is 2.30. The number of benzene rings is 1. The zero-order valence-corrected chi connectivity index (χ0v) is 14.6. The normalized spacial score (nSPS) is 15.3. The average Bonchev–Trinajstić information content (AvgIpc) is 2.68. The summed E-state index contributed by atoms with van der Waals surface area (Å²) in [6.45, 7) is 0.773. The topological polar surface area (TPSA) is 95.2 Å². The van der Waals surface area contributed by atoms with Gasteiger partial charge in [-0.05, 0) is 43.2 Å². The number of nitrogens with zero attached hydrogens (tertiary/aromatic N) is 2. The van der Waals surface area contributed by atoms with Crippen LogP contribution < -0.4 is 10.9 Å². The number of alkyl halides is 3. The highest BCUT2D eigenvalue weighted by Crippen LogP contribution is 2.29. The second kappa shape index (κ2) is 7.83. The van der Waals surface area contributed by atoms with Crippen molar-refractivity contribution in [1.82, 2.24) is 20.4 Å². The molecule has 1 aliphatic rings. The van der Waals surface area contributed by atoms with Crippen LogP contribution in [0.15, 0.2) is 41.2 Å². The average molecular weight is 394 g/mol. The van der Waals surface area contributed by atoms with E-state index >= 15 is 0 Å². The minimum Gasteiger partial charge on any atom is -0.349 e. The Morgan fingerprint density at radius 3 is 2.25 bits per heavy atom. The van der Waals surface area contributed by atoms with Crippen molar-refractivity contribution in [1.29, 1.82) is 0 Å². The van der Waals surface area contributed by atoms with Crippen LogP contribution in [0.25, 0.3) is 0 Å². The van der Waals surface area contributed by atoms with Crippen LogP contribution >= 0.6 is 0 Å². The van der Waals surface area contributed by atoms with Crippen LogP contribution in [0.3, 0.4) is 0 Å². The highest BCUT2D eigenvalue weighted by molar-refractivity contribution is 5.94. The molecule has 0 bridgehead atoms. The Hall–Kier alpha value is -3.17. The zero-order valence-electron chi connectivity index (χ0n) is 14.6. The molecule has 0 unspecified atom stereocenters. The fraction of sp³-hybridized carbons (Fsp3) is 0.333. The molecule has 28 heavy (non-hydrogen) atoms. The van der Waals surface area contributed by atoms with Crippen LogP contribution in [-0.4, -0.2) is 46.0 Å². The van der Waals surface area contributed by atoms with E-state index in [9.17, 15) is 27.6 Å². The van der Waals surface area contributed by atoms with Crippen LogP contribution in [0.2, 0.25) is 0 Å². The van der Waals surface area contributed by atoms with Crippen LogP contribution in [0, 0.1) is 0 Å². The summed E-state index contributed by atoms with van der Waals surface area (Å²) in [6.07, 6.45) is -3.45. The zero-order chi connectivity index (χ0) is 20.3. The summed E-state index contributed by atoms with van der Waals surface area (Å²) in [4.78, 5) is 37.1. The third-order valence-corrected chi connectivity index (χ3v) is 4.49. The second-order valence-corrected chi connectivity index (χ2v) is 6.42. The summed E-state index contributed by atoms with van der Waals surface area (Å²) in [5.74, 6) is -0.774. The first-order chi connectivity index (χ1) is 13.2. The monoisotopic (exact) mass is 394 g/mol. The molecule has 7 nitrogen and oxygen atoms in total. The summed E-state index contributed by atoms with van der Waals surface area (Å²) in [7, 11) is 0. The molecule has 1 aromatic carbocycles. The predicted molar refractivity (Wildman–Crippen MR) is 92.7 cm³/mol. The minimum absolute atomic E-state index is 0.131. The van der Waals surface area contributed by atoms with Gasteiger partial charge in [0, 0.05) is 30.8 Å². The molecule has 2 aromatic rings. The molecule has 2 N–H and O–H groups in total. The van der Waals surface area contributed by atoms with E-state index in [4.69, 9.17) is 0 Å². The van der Waals surface area contributed by atoms with Gasteiger partial charge >= 0.3 is 6.18 Å². The molecule has 0 atom stereocenters. The largest absolute Gasteiger partial charge is 0.416 e. The van der Waals surface area contributed by atoms with Gasteiger partial charge in [-0.3, -0.25) is 14.4 Å². The molecule has 0 aliphatic carbocycles. The number of amides is 2. The number of likely N-dealkylation sites (tertiary alicyclic amines) is 1.